The van der Waals surface area contributed by atoms with E-state index in [0.717, 1.165) is 15.5 Å². The Hall–Kier alpha value is -0.550. The molecule has 5 heteroatoms. The van der Waals surface area contributed by atoms with Gasteiger partial charge in [-0.2, -0.15) is 0 Å². The third kappa shape index (κ3) is 2.19. The monoisotopic (exact) mass is 400 g/mol. The molecule has 0 saturated heterocycles. The van der Waals surface area contributed by atoms with Crippen LogP contribution in [-0.2, 0) is 14.1 Å². The molecule has 3 nitrogen and oxygen atoms in total. The average Bonchev–Trinajstić information content (AvgIpc) is 3.03. The Balaban J connectivity index is 2.14. The van der Waals surface area contributed by atoms with E-state index in [9.17, 15) is 4.79 Å². The zero-order valence-corrected chi connectivity index (χ0v) is 14.9. The zero-order valence-electron chi connectivity index (χ0n) is 11.7. The second-order valence-corrected chi connectivity index (χ2v) is 7.55. The molecule has 1 fully saturated rings. The molecule has 1 saturated carbocycles. The summed E-state index contributed by atoms with van der Waals surface area (Å²) in [4.78, 5) is 12.4. The smallest absolute Gasteiger partial charge is 0.295 e. The molecule has 1 heterocycles. The van der Waals surface area contributed by atoms with Gasteiger partial charge in [-0.15, -0.1) is 0 Å². The first-order chi connectivity index (χ1) is 9.50. The molecular formula is C15H18Br2N2O. The van der Waals surface area contributed by atoms with E-state index in [1.165, 1.54) is 31.2 Å². The number of halogens is 2. The van der Waals surface area contributed by atoms with Crippen LogP contribution < -0.4 is 5.69 Å². The van der Waals surface area contributed by atoms with E-state index in [-0.39, 0.29) is 5.69 Å². The quantitative estimate of drug-likeness (QED) is 0.690. The fourth-order valence-corrected chi connectivity index (χ4v) is 5.04. The second-order valence-electron chi connectivity index (χ2n) is 5.71. The Morgan fingerprint density at radius 2 is 1.70 bits per heavy atom. The van der Waals surface area contributed by atoms with Gasteiger partial charge in [-0.05, 0) is 36.5 Å². The molecule has 108 valence electrons. The number of aromatic nitrogens is 2. The van der Waals surface area contributed by atoms with E-state index in [1.807, 2.05) is 14.1 Å². The van der Waals surface area contributed by atoms with Crippen LogP contribution >= 0.6 is 31.9 Å². The molecule has 1 aromatic heterocycles. The van der Waals surface area contributed by atoms with Crippen LogP contribution in [0.3, 0.4) is 0 Å². The number of hydrogen-bond donors (Lipinski definition) is 0. The van der Waals surface area contributed by atoms with Gasteiger partial charge in [0.15, 0.2) is 0 Å². The highest BCUT2D eigenvalue weighted by Crippen LogP contribution is 2.44. The molecule has 3 rings (SSSR count). The topological polar surface area (TPSA) is 26.9 Å². The van der Waals surface area contributed by atoms with Gasteiger partial charge in [0.1, 0.15) is 0 Å². The fraction of sp³-hybridized carbons (Fsp3) is 0.533. The number of rotatable bonds is 2. The molecule has 20 heavy (non-hydrogen) atoms. The first-order valence-electron chi connectivity index (χ1n) is 6.99. The number of benzene rings is 1. The van der Waals surface area contributed by atoms with Gasteiger partial charge >= 0.3 is 5.69 Å². The van der Waals surface area contributed by atoms with Gasteiger partial charge in [0.2, 0.25) is 0 Å². The van der Waals surface area contributed by atoms with E-state index in [0.29, 0.717) is 10.7 Å². The lowest BCUT2D eigenvalue weighted by atomic mass is 9.97. The summed E-state index contributed by atoms with van der Waals surface area (Å²) in [6, 6.07) is 4.22. The summed E-state index contributed by atoms with van der Waals surface area (Å²) in [6.45, 7) is 0. The van der Waals surface area contributed by atoms with E-state index in [1.54, 1.807) is 9.13 Å². The third-order valence-electron chi connectivity index (χ3n) is 4.50. The molecule has 1 aliphatic carbocycles. The average molecular weight is 402 g/mol. The predicted octanol–water partition coefficient (Wildman–Crippen LogP) is 4.27. The van der Waals surface area contributed by atoms with Crippen molar-refractivity contribution in [1.29, 1.82) is 0 Å². The van der Waals surface area contributed by atoms with Crippen molar-refractivity contribution in [3.05, 3.63) is 32.7 Å². The number of imidazole rings is 1. The minimum Gasteiger partial charge on any atom is -0.295 e. The lowest BCUT2D eigenvalue weighted by Crippen LogP contribution is -2.19. The summed E-state index contributed by atoms with van der Waals surface area (Å²) < 4.78 is 4.50. The Labute approximate surface area is 135 Å². The number of alkyl halides is 1. The SMILES string of the molecule is Cn1c(=O)n(C)c2cc(C(Br)C3CCCC3)c(Br)cc21. The van der Waals surface area contributed by atoms with E-state index in [4.69, 9.17) is 0 Å². The molecular weight excluding hydrogens is 384 g/mol. The molecule has 0 radical (unpaired) electrons. The van der Waals surface area contributed by atoms with Gasteiger partial charge in [0, 0.05) is 23.4 Å². The molecule has 1 unspecified atom stereocenters. The van der Waals surface area contributed by atoms with Crippen molar-refractivity contribution in [3.8, 4) is 0 Å². The van der Waals surface area contributed by atoms with Crippen LogP contribution in [0.1, 0.15) is 36.1 Å². The normalized spacial score (nSPS) is 18.0. The minimum atomic E-state index is 0.0241. The van der Waals surface area contributed by atoms with Crippen LogP contribution in [0.2, 0.25) is 0 Å². The number of aryl methyl sites for hydroxylation is 2. The molecule has 2 aromatic rings. The Morgan fingerprint density at radius 3 is 2.30 bits per heavy atom. The molecule has 0 spiro atoms. The highest BCUT2D eigenvalue weighted by Gasteiger charge is 2.26. The summed E-state index contributed by atoms with van der Waals surface area (Å²) in [6.07, 6.45) is 5.23. The van der Waals surface area contributed by atoms with Gasteiger partial charge < -0.3 is 0 Å². The van der Waals surface area contributed by atoms with Crippen molar-refractivity contribution < 1.29 is 0 Å². The van der Waals surface area contributed by atoms with Crippen LogP contribution in [0.25, 0.3) is 11.0 Å². The summed E-state index contributed by atoms with van der Waals surface area (Å²) in [5.74, 6) is 0.699. The summed E-state index contributed by atoms with van der Waals surface area (Å²) in [5.41, 5.74) is 3.25. The predicted molar refractivity (Wildman–Crippen MR) is 89.5 cm³/mol. The maximum Gasteiger partial charge on any atom is 0.328 e. The maximum absolute atomic E-state index is 12.0. The first kappa shape index (κ1) is 14.4. The molecule has 1 atom stereocenters. The number of nitrogens with zero attached hydrogens (tertiary/aromatic N) is 2. The van der Waals surface area contributed by atoms with Gasteiger partial charge in [0.25, 0.3) is 0 Å². The van der Waals surface area contributed by atoms with E-state index >= 15 is 0 Å². The summed E-state index contributed by atoms with van der Waals surface area (Å²) in [5, 5.41) is 0. The van der Waals surface area contributed by atoms with Crippen molar-refractivity contribution in [2.75, 3.05) is 0 Å². The molecule has 1 aromatic carbocycles. The Kier molecular flexibility index (Phi) is 3.84. The number of fused-ring (bicyclic) bond motifs is 1. The van der Waals surface area contributed by atoms with Crippen LogP contribution in [0.15, 0.2) is 21.4 Å². The summed E-state index contributed by atoms with van der Waals surface area (Å²) >= 11 is 7.55. The second kappa shape index (κ2) is 5.34. The molecule has 0 N–H and O–H groups in total. The van der Waals surface area contributed by atoms with Crippen molar-refractivity contribution in [2.24, 2.45) is 20.0 Å². The van der Waals surface area contributed by atoms with Crippen molar-refractivity contribution in [2.45, 2.75) is 30.5 Å². The van der Waals surface area contributed by atoms with Gasteiger partial charge in [0.05, 0.1) is 11.0 Å². The maximum atomic E-state index is 12.0. The van der Waals surface area contributed by atoms with Crippen molar-refractivity contribution >= 4 is 42.9 Å². The molecule has 0 amide bonds. The molecule has 1 aliphatic rings. The zero-order chi connectivity index (χ0) is 14.4. The largest absolute Gasteiger partial charge is 0.328 e. The third-order valence-corrected chi connectivity index (χ3v) is 6.43. The van der Waals surface area contributed by atoms with Gasteiger partial charge in [-0.25, -0.2) is 4.79 Å². The highest BCUT2D eigenvalue weighted by atomic mass is 79.9. The number of hydrogen-bond acceptors (Lipinski definition) is 1. The van der Waals surface area contributed by atoms with Gasteiger partial charge in [-0.3, -0.25) is 9.13 Å². The Bertz CT molecular complexity index is 711. The van der Waals surface area contributed by atoms with Crippen molar-refractivity contribution in [1.82, 2.24) is 9.13 Å². The summed E-state index contributed by atoms with van der Waals surface area (Å²) in [7, 11) is 3.65. The van der Waals surface area contributed by atoms with E-state index < -0.39 is 0 Å². The minimum absolute atomic E-state index is 0.0241. The lowest BCUT2D eigenvalue weighted by molar-refractivity contribution is 0.541. The first-order valence-corrected chi connectivity index (χ1v) is 8.70. The lowest BCUT2D eigenvalue weighted by Gasteiger charge is -2.19. The molecule has 0 bridgehead atoms. The van der Waals surface area contributed by atoms with Crippen molar-refractivity contribution in [3.63, 3.8) is 0 Å². The van der Waals surface area contributed by atoms with Crippen LogP contribution in [-0.4, -0.2) is 9.13 Å². The van der Waals surface area contributed by atoms with Gasteiger partial charge in [-0.1, -0.05) is 44.7 Å². The van der Waals surface area contributed by atoms with Crippen LogP contribution in [0, 0.1) is 5.92 Å². The molecule has 0 aliphatic heterocycles. The highest BCUT2D eigenvalue weighted by molar-refractivity contribution is 9.11. The van der Waals surface area contributed by atoms with E-state index in [2.05, 4.69) is 44.0 Å². The Morgan fingerprint density at radius 1 is 1.15 bits per heavy atom. The fourth-order valence-electron chi connectivity index (χ4n) is 3.25. The van der Waals surface area contributed by atoms with Crippen LogP contribution in [0.5, 0.6) is 0 Å². The van der Waals surface area contributed by atoms with Crippen LogP contribution in [0.4, 0.5) is 0 Å². The standard InChI is InChI=1S/C15H18Br2N2O/c1-18-12-7-10(14(17)9-5-3-4-6-9)11(16)8-13(12)19(2)15(18)20/h7-9,14H,3-6H2,1-2H3.